The standard InChI is InChI=1S/C18H24N6O2/c25-17(4-9-22-10-6-19-13-22)23-7-1-3-14(12-23)15-11-16-18(26)20-5-2-8-24(16)21-15/h6,10-11,13-14H,1-5,7-9,12H2,(H,20,26). The van der Waals surface area contributed by atoms with E-state index >= 15 is 0 Å². The van der Waals surface area contributed by atoms with Crippen molar-refractivity contribution in [3.63, 3.8) is 0 Å². The van der Waals surface area contributed by atoms with Crippen molar-refractivity contribution in [2.75, 3.05) is 19.6 Å². The van der Waals surface area contributed by atoms with Crippen molar-refractivity contribution < 1.29 is 9.59 Å². The van der Waals surface area contributed by atoms with Gasteiger partial charge in [0.1, 0.15) is 5.69 Å². The minimum atomic E-state index is -0.0506. The lowest BCUT2D eigenvalue weighted by Gasteiger charge is -2.32. The first kappa shape index (κ1) is 16.8. The van der Waals surface area contributed by atoms with Gasteiger partial charge in [0.05, 0.1) is 12.0 Å². The van der Waals surface area contributed by atoms with Crippen molar-refractivity contribution in [3.8, 4) is 0 Å². The SMILES string of the molecule is O=C1NCCCn2nc(C3CCCN(C(=O)CCn4ccnc4)C3)cc21. The summed E-state index contributed by atoms with van der Waals surface area (Å²) in [7, 11) is 0. The van der Waals surface area contributed by atoms with Gasteiger partial charge in [-0.05, 0) is 25.3 Å². The Balaban J connectivity index is 1.41. The van der Waals surface area contributed by atoms with Crippen molar-refractivity contribution in [2.45, 2.75) is 44.7 Å². The number of amides is 2. The van der Waals surface area contributed by atoms with Gasteiger partial charge in [0.15, 0.2) is 0 Å². The van der Waals surface area contributed by atoms with Gasteiger partial charge >= 0.3 is 0 Å². The minimum absolute atomic E-state index is 0.0506. The Morgan fingerprint density at radius 2 is 2.23 bits per heavy atom. The van der Waals surface area contributed by atoms with Gasteiger partial charge in [-0.2, -0.15) is 5.10 Å². The van der Waals surface area contributed by atoms with Gasteiger partial charge in [-0.3, -0.25) is 14.3 Å². The molecule has 2 aromatic heterocycles. The van der Waals surface area contributed by atoms with Crippen LogP contribution in [0.4, 0.5) is 0 Å². The van der Waals surface area contributed by atoms with Gasteiger partial charge in [0.25, 0.3) is 5.91 Å². The molecule has 0 aliphatic carbocycles. The molecule has 26 heavy (non-hydrogen) atoms. The Bertz CT molecular complexity index is 782. The largest absolute Gasteiger partial charge is 0.351 e. The second-order valence-corrected chi connectivity index (χ2v) is 7.02. The lowest BCUT2D eigenvalue weighted by atomic mass is 9.94. The van der Waals surface area contributed by atoms with Crippen LogP contribution in [-0.2, 0) is 17.9 Å². The third kappa shape index (κ3) is 3.49. The van der Waals surface area contributed by atoms with Crippen molar-refractivity contribution in [2.24, 2.45) is 0 Å². The van der Waals surface area contributed by atoms with Crippen LogP contribution in [0.3, 0.4) is 0 Å². The van der Waals surface area contributed by atoms with Crippen molar-refractivity contribution in [3.05, 3.63) is 36.2 Å². The highest BCUT2D eigenvalue weighted by Crippen LogP contribution is 2.27. The third-order valence-electron chi connectivity index (χ3n) is 5.20. The van der Waals surface area contributed by atoms with E-state index in [4.69, 9.17) is 0 Å². The van der Waals surface area contributed by atoms with E-state index in [0.717, 1.165) is 38.0 Å². The van der Waals surface area contributed by atoms with Crippen LogP contribution >= 0.6 is 0 Å². The summed E-state index contributed by atoms with van der Waals surface area (Å²) >= 11 is 0. The van der Waals surface area contributed by atoms with Crippen LogP contribution in [0.25, 0.3) is 0 Å². The Kier molecular flexibility index (Phi) is 4.73. The topological polar surface area (TPSA) is 85.0 Å². The molecule has 0 aromatic carbocycles. The number of fused-ring (bicyclic) bond motifs is 1. The molecular formula is C18H24N6O2. The highest BCUT2D eigenvalue weighted by atomic mass is 16.2. The second kappa shape index (κ2) is 7.31. The lowest BCUT2D eigenvalue weighted by molar-refractivity contribution is -0.132. The van der Waals surface area contributed by atoms with Crippen LogP contribution < -0.4 is 5.32 Å². The van der Waals surface area contributed by atoms with E-state index in [1.54, 1.807) is 12.5 Å². The van der Waals surface area contributed by atoms with Crippen LogP contribution in [0.1, 0.15) is 47.8 Å². The molecule has 1 N–H and O–H groups in total. The normalized spacial score (nSPS) is 20.4. The monoisotopic (exact) mass is 356 g/mol. The van der Waals surface area contributed by atoms with Crippen molar-refractivity contribution in [1.82, 2.24) is 29.5 Å². The minimum Gasteiger partial charge on any atom is -0.351 e. The number of carbonyl (C=O) groups is 2. The Morgan fingerprint density at radius 1 is 1.31 bits per heavy atom. The predicted octanol–water partition coefficient (Wildman–Crippen LogP) is 1.01. The zero-order valence-electron chi connectivity index (χ0n) is 14.8. The van der Waals surface area contributed by atoms with E-state index in [-0.39, 0.29) is 17.7 Å². The third-order valence-corrected chi connectivity index (χ3v) is 5.20. The summed E-state index contributed by atoms with van der Waals surface area (Å²) < 4.78 is 3.74. The molecule has 1 unspecified atom stereocenters. The number of piperidine rings is 1. The Morgan fingerprint density at radius 3 is 3.08 bits per heavy atom. The average molecular weight is 356 g/mol. The zero-order chi connectivity index (χ0) is 17.9. The number of carbonyl (C=O) groups excluding carboxylic acids is 2. The molecule has 8 nitrogen and oxygen atoms in total. The van der Waals surface area contributed by atoms with E-state index in [1.165, 1.54) is 0 Å². The van der Waals surface area contributed by atoms with Gasteiger partial charge in [-0.1, -0.05) is 0 Å². The smallest absolute Gasteiger partial charge is 0.269 e. The Hall–Kier alpha value is -2.64. The maximum Gasteiger partial charge on any atom is 0.269 e. The van der Waals surface area contributed by atoms with Crippen LogP contribution in [0.15, 0.2) is 24.8 Å². The number of aryl methyl sites for hydroxylation is 2. The fraction of sp³-hybridized carbons (Fsp3) is 0.556. The summed E-state index contributed by atoms with van der Waals surface area (Å²) in [6, 6.07) is 1.91. The highest BCUT2D eigenvalue weighted by Gasteiger charge is 2.28. The summed E-state index contributed by atoms with van der Waals surface area (Å²) in [5.74, 6) is 0.320. The molecule has 0 spiro atoms. The predicted molar refractivity (Wildman–Crippen MR) is 94.6 cm³/mol. The molecule has 138 valence electrons. The molecule has 1 atom stereocenters. The maximum atomic E-state index is 12.6. The molecule has 2 aliphatic heterocycles. The number of hydrogen-bond acceptors (Lipinski definition) is 4. The fourth-order valence-electron chi connectivity index (χ4n) is 3.76. The van der Waals surface area contributed by atoms with Crippen LogP contribution in [0.5, 0.6) is 0 Å². The number of nitrogens with one attached hydrogen (secondary N) is 1. The lowest BCUT2D eigenvalue weighted by Crippen LogP contribution is -2.39. The molecule has 2 aromatic rings. The van der Waals surface area contributed by atoms with Gasteiger partial charge in [0, 0.05) is 57.5 Å². The first-order valence-corrected chi connectivity index (χ1v) is 9.30. The quantitative estimate of drug-likeness (QED) is 0.886. The van der Waals surface area contributed by atoms with Gasteiger partial charge in [-0.15, -0.1) is 0 Å². The molecule has 0 saturated carbocycles. The molecule has 2 amide bonds. The summed E-state index contributed by atoms with van der Waals surface area (Å²) in [6.45, 7) is 3.58. The molecule has 4 rings (SSSR count). The van der Waals surface area contributed by atoms with Crippen molar-refractivity contribution in [1.29, 1.82) is 0 Å². The number of aromatic nitrogens is 4. The van der Waals surface area contributed by atoms with E-state index in [2.05, 4.69) is 15.4 Å². The molecule has 0 radical (unpaired) electrons. The van der Waals surface area contributed by atoms with Crippen molar-refractivity contribution >= 4 is 11.8 Å². The van der Waals surface area contributed by atoms with E-state index < -0.39 is 0 Å². The zero-order valence-corrected chi connectivity index (χ0v) is 14.8. The van der Waals surface area contributed by atoms with Crippen LogP contribution in [0, 0.1) is 0 Å². The van der Waals surface area contributed by atoms with E-state index in [1.807, 2.05) is 26.4 Å². The molecule has 2 aliphatic rings. The summed E-state index contributed by atoms with van der Waals surface area (Å²) in [5.41, 5.74) is 1.57. The number of likely N-dealkylation sites (tertiary alicyclic amines) is 1. The molecule has 1 fully saturated rings. The molecule has 0 bridgehead atoms. The second-order valence-electron chi connectivity index (χ2n) is 7.02. The highest BCUT2D eigenvalue weighted by molar-refractivity contribution is 5.92. The van der Waals surface area contributed by atoms with Gasteiger partial charge in [0.2, 0.25) is 5.91 Å². The Labute approximate surface area is 152 Å². The van der Waals surface area contributed by atoms with E-state index in [9.17, 15) is 9.59 Å². The van der Waals surface area contributed by atoms with Gasteiger partial charge < -0.3 is 14.8 Å². The van der Waals surface area contributed by atoms with Crippen LogP contribution in [0.2, 0.25) is 0 Å². The first-order chi connectivity index (χ1) is 12.7. The molecule has 1 saturated heterocycles. The average Bonchev–Trinajstić information content (AvgIpc) is 3.30. The first-order valence-electron chi connectivity index (χ1n) is 9.30. The number of nitrogens with zero attached hydrogens (tertiary/aromatic N) is 5. The molecular weight excluding hydrogens is 332 g/mol. The summed E-state index contributed by atoms with van der Waals surface area (Å²) in [5, 5.41) is 7.57. The summed E-state index contributed by atoms with van der Waals surface area (Å²) in [6.07, 6.45) is 8.67. The maximum absolute atomic E-state index is 12.6. The fourth-order valence-corrected chi connectivity index (χ4v) is 3.76. The number of imidazole rings is 1. The molecule has 4 heterocycles. The van der Waals surface area contributed by atoms with Gasteiger partial charge in [-0.25, -0.2) is 4.98 Å². The number of rotatable bonds is 4. The van der Waals surface area contributed by atoms with Crippen LogP contribution in [-0.4, -0.2) is 55.7 Å². The van der Waals surface area contributed by atoms with E-state index in [0.29, 0.717) is 31.7 Å². The summed E-state index contributed by atoms with van der Waals surface area (Å²) in [4.78, 5) is 30.6. The molecule has 8 heteroatoms. The number of hydrogen-bond donors (Lipinski definition) is 1.